The molecule has 19 heavy (non-hydrogen) atoms. The van der Waals surface area contributed by atoms with Crippen molar-refractivity contribution >= 4 is 37.5 Å². The van der Waals surface area contributed by atoms with Gasteiger partial charge in [0.2, 0.25) is 0 Å². The Morgan fingerprint density at radius 3 is 3.00 bits per heavy atom. The van der Waals surface area contributed by atoms with Gasteiger partial charge >= 0.3 is 0 Å². The van der Waals surface area contributed by atoms with Crippen LogP contribution in [0.1, 0.15) is 12.8 Å². The van der Waals surface area contributed by atoms with Crippen LogP contribution in [-0.2, 0) is 11.3 Å². The van der Waals surface area contributed by atoms with Gasteiger partial charge in [-0.05, 0) is 24.3 Å². The monoisotopic (exact) mass is 342 g/mol. The minimum atomic E-state index is 0.0677. The summed E-state index contributed by atoms with van der Waals surface area (Å²) in [6.07, 6.45) is 3.64. The van der Waals surface area contributed by atoms with Gasteiger partial charge in [0, 0.05) is 30.5 Å². The van der Waals surface area contributed by atoms with Crippen LogP contribution in [0, 0.1) is 5.41 Å². The van der Waals surface area contributed by atoms with Gasteiger partial charge in [0.1, 0.15) is 4.83 Å². The summed E-state index contributed by atoms with van der Waals surface area (Å²) < 4.78 is 7.18. The molecular weight excluding hydrogens is 328 g/mol. The molecular formula is C13H15BrN2O2S. The molecule has 0 bridgehead atoms. The number of hydrogen-bond donors (Lipinski definition) is 0. The van der Waals surface area contributed by atoms with E-state index in [1.807, 2.05) is 11.4 Å². The average molecular weight is 343 g/mol. The molecule has 6 heteroatoms. The van der Waals surface area contributed by atoms with Crippen molar-refractivity contribution < 1.29 is 4.74 Å². The molecule has 2 aromatic heterocycles. The molecule has 0 aromatic carbocycles. The van der Waals surface area contributed by atoms with Crippen molar-refractivity contribution in [2.45, 2.75) is 19.4 Å². The lowest BCUT2D eigenvalue weighted by Crippen LogP contribution is -2.38. The summed E-state index contributed by atoms with van der Waals surface area (Å²) in [4.78, 5) is 17.6. The zero-order valence-corrected chi connectivity index (χ0v) is 12.9. The van der Waals surface area contributed by atoms with Gasteiger partial charge in [0.25, 0.3) is 5.56 Å². The van der Waals surface area contributed by atoms with E-state index in [1.54, 1.807) is 10.9 Å². The Kier molecular flexibility index (Phi) is 3.73. The Morgan fingerprint density at radius 2 is 2.26 bits per heavy atom. The van der Waals surface area contributed by atoms with Crippen LogP contribution in [0.4, 0.5) is 0 Å². The summed E-state index contributed by atoms with van der Waals surface area (Å²) in [5.74, 6) is 0. The maximum Gasteiger partial charge on any atom is 0.262 e. The number of fused-ring (bicyclic) bond motifs is 1. The number of nitrogens with zero attached hydrogens (tertiary/aromatic N) is 2. The van der Waals surface area contributed by atoms with Crippen LogP contribution in [0.3, 0.4) is 0 Å². The lowest BCUT2D eigenvalue weighted by molar-refractivity contribution is 0.0181. The first-order valence-electron chi connectivity index (χ1n) is 6.30. The summed E-state index contributed by atoms with van der Waals surface area (Å²) in [5, 5.41) is 3.53. The number of aromatic nitrogens is 2. The first-order valence-corrected chi connectivity index (χ1v) is 8.31. The van der Waals surface area contributed by atoms with E-state index >= 15 is 0 Å². The SMILES string of the molecule is O=c1c2ccsc2ncn1CC1(CBr)CCOCC1. The number of halogens is 1. The first-order chi connectivity index (χ1) is 9.24. The molecule has 0 unspecified atom stereocenters. The lowest BCUT2D eigenvalue weighted by Gasteiger charge is -2.35. The third-order valence-electron chi connectivity index (χ3n) is 3.79. The van der Waals surface area contributed by atoms with E-state index in [2.05, 4.69) is 20.9 Å². The zero-order chi connectivity index (χ0) is 13.3. The van der Waals surface area contributed by atoms with E-state index < -0.39 is 0 Å². The molecule has 4 nitrogen and oxygen atoms in total. The normalized spacial score (nSPS) is 18.8. The molecule has 2 aromatic rings. The lowest BCUT2D eigenvalue weighted by atomic mass is 9.82. The number of hydrogen-bond acceptors (Lipinski definition) is 4. The smallest absolute Gasteiger partial charge is 0.262 e. The van der Waals surface area contributed by atoms with Crippen LogP contribution in [-0.4, -0.2) is 28.1 Å². The average Bonchev–Trinajstić information content (AvgIpc) is 2.92. The van der Waals surface area contributed by atoms with E-state index in [1.165, 1.54) is 11.3 Å². The van der Waals surface area contributed by atoms with Gasteiger partial charge in [0.05, 0.1) is 11.7 Å². The molecule has 1 fully saturated rings. The second-order valence-corrected chi connectivity index (χ2v) is 6.52. The van der Waals surface area contributed by atoms with E-state index in [9.17, 15) is 4.79 Å². The van der Waals surface area contributed by atoms with Gasteiger partial charge in [0.15, 0.2) is 0 Å². The number of ether oxygens (including phenoxy) is 1. The van der Waals surface area contributed by atoms with Crippen LogP contribution in [0.5, 0.6) is 0 Å². The van der Waals surface area contributed by atoms with Gasteiger partial charge in [-0.25, -0.2) is 4.98 Å². The van der Waals surface area contributed by atoms with Crippen molar-refractivity contribution in [3.8, 4) is 0 Å². The van der Waals surface area contributed by atoms with Gasteiger partial charge in [-0.3, -0.25) is 9.36 Å². The number of rotatable bonds is 3. The van der Waals surface area contributed by atoms with E-state index in [4.69, 9.17) is 4.74 Å². The third-order valence-corrected chi connectivity index (χ3v) is 5.80. The highest BCUT2D eigenvalue weighted by Gasteiger charge is 2.32. The Bertz CT molecular complexity index is 631. The molecule has 0 amide bonds. The molecule has 0 N–H and O–H groups in total. The molecule has 1 aliphatic rings. The van der Waals surface area contributed by atoms with Crippen LogP contribution in [0.25, 0.3) is 10.2 Å². The van der Waals surface area contributed by atoms with E-state index in [-0.39, 0.29) is 11.0 Å². The van der Waals surface area contributed by atoms with Crippen molar-refractivity contribution in [2.75, 3.05) is 18.5 Å². The Morgan fingerprint density at radius 1 is 1.47 bits per heavy atom. The van der Waals surface area contributed by atoms with Crippen LogP contribution in [0.2, 0.25) is 0 Å². The summed E-state index contributed by atoms with van der Waals surface area (Å²) >= 11 is 5.11. The predicted molar refractivity (Wildman–Crippen MR) is 80.2 cm³/mol. The number of thiophene rings is 1. The van der Waals surface area contributed by atoms with Gasteiger partial charge in [-0.15, -0.1) is 11.3 Å². The molecule has 1 aliphatic heterocycles. The maximum absolute atomic E-state index is 12.4. The fourth-order valence-electron chi connectivity index (χ4n) is 2.51. The van der Waals surface area contributed by atoms with Crippen molar-refractivity contribution in [1.29, 1.82) is 0 Å². The van der Waals surface area contributed by atoms with Crippen molar-refractivity contribution in [3.63, 3.8) is 0 Å². The topological polar surface area (TPSA) is 44.1 Å². The second-order valence-electron chi connectivity index (χ2n) is 5.06. The highest BCUT2D eigenvalue weighted by atomic mass is 79.9. The molecule has 3 heterocycles. The summed E-state index contributed by atoms with van der Waals surface area (Å²) in [6, 6.07) is 1.86. The van der Waals surface area contributed by atoms with Crippen LogP contribution >= 0.6 is 27.3 Å². The first kappa shape index (κ1) is 13.3. The van der Waals surface area contributed by atoms with Gasteiger partial charge in [-0.2, -0.15) is 0 Å². The zero-order valence-electron chi connectivity index (χ0n) is 10.5. The van der Waals surface area contributed by atoms with Crippen molar-refractivity contribution in [1.82, 2.24) is 9.55 Å². The third kappa shape index (κ3) is 2.49. The molecule has 3 rings (SSSR count). The maximum atomic E-state index is 12.4. The van der Waals surface area contributed by atoms with Crippen LogP contribution in [0.15, 0.2) is 22.6 Å². The van der Waals surface area contributed by atoms with Crippen LogP contribution < -0.4 is 5.56 Å². The molecule has 0 saturated carbocycles. The Hall–Kier alpha value is -0.720. The minimum absolute atomic E-state index is 0.0677. The fraction of sp³-hybridized carbons (Fsp3) is 0.538. The molecule has 1 saturated heterocycles. The fourth-order valence-corrected chi connectivity index (χ4v) is 3.97. The van der Waals surface area contributed by atoms with Gasteiger partial charge < -0.3 is 4.74 Å². The van der Waals surface area contributed by atoms with Crippen molar-refractivity contribution in [2.24, 2.45) is 5.41 Å². The second kappa shape index (κ2) is 5.34. The molecule has 102 valence electrons. The molecule has 0 radical (unpaired) electrons. The summed E-state index contributed by atoms with van der Waals surface area (Å²) in [7, 11) is 0. The molecule has 0 aliphatic carbocycles. The highest BCUT2D eigenvalue weighted by molar-refractivity contribution is 9.09. The number of alkyl halides is 1. The van der Waals surface area contributed by atoms with Gasteiger partial charge in [-0.1, -0.05) is 15.9 Å². The Balaban J connectivity index is 1.95. The predicted octanol–water partition coefficient (Wildman–Crippen LogP) is 2.65. The highest BCUT2D eigenvalue weighted by Crippen LogP contribution is 2.34. The van der Waals surface area contributed by atoms with E-state index in [0.717, 1.165) is 41.6 Å². The van der Waals surface area contributed by atoms with E-state index in [0.29, 0.717) is 6.54 Å². The standard InChI is InChI=1S/C13H15BrN2O2S/c14-7-13(2-4-18-5-3-13)8-16-9-15-11-10(12(16)17)1-6-19-11/h1,6,9H,2-5,7-8H2. The largest absolute Gasteiger partial charge is 0.381 e. The summed E-state index contributed by atoms with van der Waals surface area (Å²) in [5.41, 5.74) is 0.172. The quantitative estimate of drug-likeness (QED) is 0.805. The molecule has 0 atom stereocenters. The molecule has 0 spiro atoms. The summed E-state index contributed by atoms with van der Waals surface area (Å²) in [6.45, 7) is 2.25. The Labute approximate surface area is 123 Å². The minimum Gasteiger partial charge on any atom is -0.381 e. The van der Waals surface area contributed by atoms with Crippen molar-refractivity contribution in [3.05, 3.63) is 28.1 Å².